The number of ether oxygens (including phenoxy) is 1. The normalized spacial score (nSPS) is 12.7. The highest BCUT2D eigenvalue weighted by Crippen LogP contribution is 2.31. The van der Waals surface area contributed by atoms with Gasteiger partial charge in [-0.25, -0.2) is 4.79 Å². The summed E-state index contributed by atoms with van der Waals surface area (Å²) in [5.74, 6) is -0.212. The molecule has 0 aliphatic carbocycles. The molecule has 9 heteroatoms. The fourth-order valence-corrected chi connectivity index (χ4v) is 4.85. The highest BCUT2D eigenvalue weighted by molar-refractivity contribution is 7.98. The molecule has 0 aliphatic heterocycles. The number of anilines is 1. The molecule has 2 aromatic carbocycles. The number of alkyl carbamates (subject to hydrolysis) is 1. The van der Waals surface area contributed by atoms with Gasteiger partial charge in [0.1, 0.15) is 17.7 Å². The Hall–Kier alpha value is -2.97. The first-order chi connectivity index (χ1) is 18.3. The Balaban J connectivity index is 2.59. The molecule has 212 valence electrons. The van der Waals surface area contributed by atoms with Crippen molar-refractivity contribution in [1.82, 2.24) is 10.2 Å². The minimum absolute atomic E-state index is 0.0809. The van der Waals surface area contributed by atoms with Crippen LogP contribution in [0.2, 0.25) is 5.02 Å². The number of carbonyl (C=O) groups excluding carboxylic acids is 3. The first-order valence-corrected chi connectivity index (χ1v) is 14.6. The maximum absolute atomic E-state index is 14.1. The number of rotatable bonds is 11. The lowest BCUT2D eigenvalue weighted by atomic mass is 9.94. The van der Waals surface area contributed by atoms with E-state index in [0.29, 0.717) is 28.4 Å². The number of benzene rings is 2. The van der Waals surface area contributed by atoms with Crippen LogP contribution in [0.25, 0.3) is 0 Å². The SMILES string of the molecule is C=CCN(C(=O)C(CCSC)NC(=O)OC(C)(C)C)C(C(=O)Nc1c(C)cccc1Cl)c1cccc(C)c1C. The molecule has 2 unspecified atom stereocenters. The summed E-state index contributed by atoms with van der Waals surface area (Å²) in [4.78, 5) is 42.3. The van der Waals surface area contributed by atoms with Gasteiger partial charge in [0.25, 0.3) is 5.91 Å². The van der Waals surface area contributed by atoms with Crippen LogP contribution in [0.3, 0.4) is 0 Å². The topological polar surface area (TPSA) is 87.7 Å². The molecule has 39 heavy (non-hydrogen) atoms. The summed E-state index contributed by atoms with van der Waals surface area (Å²) in [6, 6.07) is 9.10. The van der Waals surface area contributed by atoms with Crippen LogP contribution in [0.1, 0.15) is 55.5 Å². The number of thioether (sulfide) groups is 1. The van der Waals surface area contributed by atoms with E-state index < -0.39 is 35.6 Å². The van der Waals surface area contributed by atoms with E-state index in [-0.39, 0.29) is 6.54 Å². The van der Waals surface area contributed by atoms with E-state index in [0.717, 1.165) is 16.7 Å². The van der Waals surface area contributed by atoms with E-state index in [1.807, 2.05) is 57.4 Å². The first-order valence-electron chi connectivity index (χ1n) is 12.8. The second-order valence-corrected chi connectivity index (χ2v) is 11.8. The third kappa shape index (κ3) is 9.04. The van der Waals surface area contributed by atoms with E-state index in [9.17, 15) is 14.4 Å². The smallest absolute Gasteiger partial charge is 0.408 e. The predicted molar refractivity (Wildman–Crippen MR) is 162 cm³/mol. The Morgan fingerprint density at radius 2 is 1.74 bits per heavy atom. The lowest BCUT2D eigenvalue weighted by Crippen LogP contribution is -2.52. The molecule has 0 spiro atoms. The van der Waals surface area contributed by atoms with Crippen molar-refractivity contribution in [2.45, 2.75) is 65.6 Å². The Bertz CT molecular complexity index is 1170. The zero-order valence-corrected chi connectivity index (χ0v) is 25.5. The van der Waals surface area contributed by atoms with E-state index in [1.165, 1.54) is 4.90 Å². The van der Waals surface area contributed by atoms with Crippen molar-refractivity contribution in [2.75, 3.05) is 23.9 Å². The molecule has 2 atom stereocenters. The van der Waals surface area contributed by atoms with Gasteiger partial charge in [0.2, 0.25) is 5.91 Å². The van der Waals surface area contributed by atoms with Crippen molar-refractivity contribution in [1.29, 1.82) is 0 Å². The van der Waals surface area contributed by atoms with Crippen molar-refractivity contribution in [3.63, 3.8) is 0 Å². The predicted octanol–water partition coefficient (Wildman–Crippen LogP) is 6.61. The average molecular weight is 574 g/mol. The summed E-state index contributed by atoms with van der Waals surface area (Å²) in [5, 5.41) is 6.09. The third-order valence-corrected chi connectivity index (χ3v) is 7.14. The molecule has 0 radical (unpaired) electrons. The van der Waals surface area contributed by atoms with Gasteiger partial charge in [0, 0.05) is 6.54 Å². The van der Waals surface area contributed by atoms with Crippen LogP contribution in [0.5, 0.6) is 0 Å². The molecular weight excluding hydrogens is 534 g/mol. The van der Waals surface area contributed by atoms with Crippen LogP contribution in [0.15, 0.2) is 49.1 Å². The van der Waals surface area contributed by atoms with Crippen molar-refractivity contribution in [3.05, 3.63) is 76.3 Å². The zero-order valence-electron chi connectivity index (χ0n) is 23.9. The largest absolute Gasteiger partial charge is 0.444 e. The molecule has 2 aromatic rings. The Labute approximate surface area is 241 Å². The fourth-order valence-electron chi connectivity index (χ4n) is 4.11. The maximum atomic E-state index is 14.1. The highest BCUT2D eigenvalue weighted by Gasteiger charge is 2.36. The summed E-state index contributed by atoms with van der Waals surface area (Å²) in [6.45, 7) is 14.9. The van der Waals surface area contributed by atoms with Crippen molar-refractivity contribution in [3.8, 4) is 0 Å². The molecule has 2 rings (SSSR count). The van der Waals surface area contributed by atoms with Crippen LogP contribution in [-0.4, -0.2) is 53.0 Å². The third-order valence-electron chi connectivity index (χ3n) is 6.18. The summed E-state index contributed by atoms with van der Waals surface area (Å²) in [5.41, 5.74) is 3.09. The van der Waals surface area contributed by atoms with Crippen LogP contribution in [0.4, 0.5) is 10.5 Å². The fraction of sp³-hybridized carbons (Fsp3) is 0.433. The molecule has 0 aliphatic rings. The average Bonchev–Trinajstić information content (AvgIpc) is 2.84. The number of nitrogens with zero attached hydrogens (tertiary/aromatic N) is 1. The quantitative estimate of drug-likeness (QED) is 0.295. The molecular formula is C30H40ClN3O4S. The minimum atomic E-state index is -1.01. The number of aryl methyl sites for hydroxylation is 2. The summed E-state index contributed by atoms with van der Waals surface area (Å²) in [7, 11) is 0. The number of amides is 3. The van der Waals surface area contributed by atoms with Crippen molar-refractivity contribution in [2.24, 2.45) is 0 Å². The van der Waals surface area contributed by atoms with Gasteiger partial charge in [0.05, 0.1) is 10.7 Å². The first kappa shape index (κ1) is 32.2. The van der Waals surface area contributed by atoms with Gasteiger partial charge in [-0.05, 0) is 88.3 Å². The van der Waals surface area contributed by atoms with Crippen LogP contribution in [0, 0.1) is 20.8 Å². The summed E-state index contributed by atoms with van der Waals surface area (Å²) in [6.07, 6.45) is 3.16. The molecule has 3 amide bonds. The van der Waals surface area contributed by atoms with E-state index in [2.05, 4.69) is 17.2 Å². The van der Waals surface area contributed by atoms with E-state index >= 15 is 0 Å². The van der Waals surface area contributed by atoms with Gasteiger partial charge in [-0.2, -0.15) is 11.8 Å². The molecule has 0 saturated heterocycles. The van der Waals surface area contributed by atoms with Gasteiger partial charge in [-0.15, -0.1) is 6.58 Å². The summed E-state index contributed by atoms with van der Waals surface area (Å²) < 4.78 is 5.43. The van der Waals surface area contributed by atoms with Crippen molar-refractivity contribution >= 4 is 47.0 Å². The number of halogens is 1. The van der Waals surface area contributed by atoms with Crippen LogP contribution in [-0.2, 0) is 14.3 Å². The van der Waals surface area contributed by atoms with Crippen molar-refractivity contribution < 1.29 is 19.1 Å². The highest BCUT2D eigenvalue weighted by atomic mass is 35.5. The standard InChI is InChI=1S/C30H40ClN3O4S/c1-9-17-34(28(36)24(16-18-39-8)32-29(37)38-30(5,6)7)26(22-14-10-12-19(2)21(22)4)27(35)33-25-20(3)13-11-15-23(25)31/h9-15,24,26H,1,16-18H2,2-8H3,(H,32,37)(H,33,35). The van der Waals surface area contributed by atoms with Crippen LogP contribution < -0.4 is 10.6 Å². The summed E-state index contributed by atoms with van der Waals surface area (Å²) >= 11 is 7.98. The van der Waals surface area contributed by atoms with Gasteiger partial charge in [-0.3, -0.25) is 9.59 Å². The molecule has 7 nitrogen and oxygen atoms in total. The lowest BCUT2D eigenvalue weighted by molar-refractivity contribution is -0.140. The number of carbonyl (C=O) groups is 3. The molecule has 0 bridgehead atoms. The molecule has 0 aromatic heterocycles. The van der Waals surface area contributed by atoms with Gasteiger partial charge >= 0.3 is 6.09 Å². The Morgan fingerprint density at radius 3 is 2.33 bits per heavy atom. The second-order valence-electron chi connectivity index (χ2n) is 10.4. The number of para-hydroxylation sites is 1. The van der Waals surface area contributed by atoms with Gasteiger partial charge in [0.15, 0.2) is 0 Å². The monoisotopic (exact) mass is 573 g/mol. The molecule has 0 saturated carbocycles. The minimum Gasteiger partial charge on any atom is -0.444 e. The molecule has 2 N–H and O–H groups in total. The Morgan fingerprint density at radius 1 is 1.10 bits per heavy atom. The maximum Gasteiger partial charge on any atom is 0.408 e. The zero-order chi connectivity index (χ0) is 29.3. The number of hydrogen-bond acceptors (Lipinski definition) is 5. The van der Waals surface area contributed by atoms with Crippen LogP contribution >= 0.6 is 23.4 Å². The van der Waals surface area contributed by atoms with Gasteiger partial charge < -0.3 is 20.3 Å². The number of nitrogens with one attached hydrogen (secondary N) is 2. The van der Waals surface area contributed by atoms with E-state index in [1.54, 1.807) is 44.7 Å². The van der Waals surface area contributed by atoms with E-state index in [4.69, 9.17) is 16.3 Å². The molecule has 0 fully saturated rings. The van der Waals surface area contributed by atoms with Gasteiger partial charge in [-0.1, -0.05) is 48.0 Å². The molecule has 0 heterocycles. The lowest BCUT2D eigenvalue weighted by Gasteiger charge is -2.35. The number of hydrogen-bond donors (Lipinski definition) is 2. The second kappa shape index (κ2) is 14.4. The Kier molecular flexibility index (Phi) is 11.9.